The maximum absolute atomic E-state index is 13.4. The van der Waals surface area contributed by atoms with Crippen molar-refractivity contribution < 1.29 is 14.4 Å². The van der Waals surface area contributed by atoms with Crippen LogP contribution >= 0.6 is 22.9 Å². The second-order valence-electron chi connectivity index (χ2n) is 7.16. The number of fused-ring (bicyclic) bond motifs is 1. The fourth-order valence-electron chi connectivity index (χ4n) is 3.92. The van der Waals surface area contributed by atoms with Gasteiger partial charge < -0.3 is 0 Å². The average molecular weight is 425 g/mol. The molecule has 7 heteroatoms. The molecule has 2 aliphatic heterocycles. The van der Waals surface area contributed by atoms with E-state index in [1.807, 2.05) is 48.7 Å². The van der Waals surface area contributed by atoms with Crippen LogP contribution in [0.15, 0.2) is 66.0 Å². The molecule has 3 atom stereocenters. The molecule has 5 nitrogen and oxygen atoms in total. The van der Waals surface area contributed by atoms with Crippen LogP contribution in [0.3, 0.4) is 0 Å². The van der Waals surface area contributed by atoms with Gasteiger partial charge in [-0.1, -0.05) is 35.4 Å². The van der Waals surface area contributed by atoms with Crippen LogP contribution in [-0.4, -0.2) is 17.9 Å². The molecule has 0 radical (unpaired) electrons. The third-order valence-electron chi connectivity index (χ3n) is 5.32. The number of carbonyl (C=O) groups excluding carboxylic acids is 2. The monoisotopic (exact) mass is 424 g/mol. The number of halogens is 1. The summed E-state index contributed by atoms with van der Waals surface area (Å²) in [5.74, 6) is -1.18. The third kappa shape index (κ3) is 2.95. The lowest BCUT2D eigenvalue weighted by molar-refractivity contribution is -0.126. The first kappa shape index (κ1) is 18.4. The minimum absolute atomic E-state index is 0.237. The lowest BCUT2D eigenvalue weighted by Crippen LogP contribution is -2.37. The Morgan fingerprint density at radius 2 is 1.62 bits per heavy atom. The number of hydrogen-bond acceptors (Lipinski definition) is 5. The van der Waals surface area contributed by atoms with Crippen molar-refractivity contribution in [2.75, 3.05) is 9.96 Å². The molecule has 2 saturated heterocycles. The van der Waals surface area contributed by atoms with Crippen LogP contribution < -0.4 is 9.96 Å². The standard InChI is InChI=1S/C22H17ClN2O3S/c1-13-4-8-15(9-5-13)24-21(26)18-19(17-3-2-12-29-17)25(28-20(18)22(24)27)16-10-6-14(23)7-11-16/h2-12,18-20H,1H3. The van der Waals surface area contributed by atoms with Gasteiger partial charge in [0.2, 0.25) is 5.91 Å². The number of benzene rings is 2. The summed E-state index contributed by atoms with van der Waals surface area (Å²) in [6.45, 7) is 1.96. The fourth-order valence-corrected chi connectivity index (χ4v) is 4.90. The summed E-state index contributed by atoms with van der Waals surface area (Å²) in [4.78, 5) is 34.9. The van der Waals surface area contributed by atoms with Crippen LogP contribution in [0.4, 0.5) is 11.4 Å². The fraction of sp³-hybridized carbons (Fsp3) is 0.182. The molecule has 0 bridgehead atoms. The lowest BCUT2D eigenvalue weighted by Gasteiger charge is -2.27. The van der Waals surface area contributed by atoms with Gasteiger partial charge in [-0.2, -0.15) is 0 Å². The van der Waals surface area contributed by atoms with Crippen LogP contribution in [0.25, 0.3) is 0 Å². The predicted molar refractivity (Wildman–Crippen MR) is 113 cm³/mol. The van der Waals surface area contributed by atoms with Crippen LogP contribution in [-0.2, 0) is 14.4 Å². The highest BCUT2D eigenvalue weighted by Gasteiger charge is 2.60. The minimum Gasteiger partial charge on any atom is -0.273 e. The van der Waals surface area contributed by atoms with Gasteiger partial charge in [0, 0.05) is 9.90 Å². The van der Waals surface area contributed by atoms with Crippen molar-refractivity contribution >= 4 is 46.1 Å². The van der Waals surface area contributed by atoms with Crippen molar-refractivity contribution in [1.29, 1.82) is 0 Å². The molecular weight excluding hydrogens is 408 g/mol. The van der Waals surface area contributed by atoms with E-state index in [1.54, 1.807) is 40.7 Å². The van der Waals surface area contributed by atoms with Crippen LogP contribution in [0.1, 0.15) is 16.5 Å². The lowest BCUT2D eigenvalue weighted by atomic mass is 9.95. The van der Waals surface area contributed by atoms with Crippen molar-refractivity contribution in [2.45, 2.75) is 19.1 Å². The highest BCUT2D eigenvalue weighted by Crippen LogP contribution is 2.48. The normalized spacial score (nSPS) is 23.7. The van der Waals surface area contributed by atoms with Gasteiger partial charge in [-0.15, -0.1) is 11.3 Å². The van der Waals surface area contributed by atoms with Gasteiger partial charge in [-0.05, 0) is 54.8 Å². The molecule has 5 rings (SSSR count). The second kappa shape index (κ2) is 6.99. The smallest absolute Gasteiger partial charge is 0.266 e. The van der Waals surface area contributed by atoms with Gasteiger partial charge in [0.15, 0.2) is 6.10 Å². The zero-order chi connectivity index (χ0) is 20.1. The first-order valence-electron chi connectivity index (χ1n) is 9.24. The Morgan fingerprint density at radius 3 is 2.28 bits per heavy atom. The Kier molecular flexibility index (Phi) is 4.42. The van der Waals surface area contributed by atoms with E-state index in [1.165, 1.54) is 4.90 Å². The van der Waals surface area contributed by atoms with Crippen LogP contribution in [0.5, 0.6) is 0 Å². The van der Waals surface area contributed by atoms with Crippen molar-refractivity contribution in [3.05, 3.63) is 81.5 Å². The molecule has 0 aliphatic carbocycles. The van der Waals surface area contributed by atoms with Gasteiger partial charge in [0.25, 0.3) is 5.91 Å². The number of amides is 2. The molecule has 2 aromatic carbocycles. The van der Waals surface area contributed by atoms with Gasteiger partial charge in [-0.25, -0.2) is 9.96 Å². The molecule has 1 aromatic heterocycles. The Bertz CT molecular complexity index is 1070. The van der Waals surface area contributed by atoms with Gasteiger partial charge in [-0.3, -0.25) is 14.4 Å². The number of thiophene rings is 1. The number of rotatable bonds is 3. The molecule has 29 heavy (non-hydrogen) atoms. The maximum atomic E-state index is 13.4. The highest BCUT2D eigenvalue weighted by molar-refractivity contribution is 7.10. The van der Waals surface area contributed by atoms with Crippen LogP contribution in [0, 0.1) is 12.8 Å². The minimum atomic E-state index is -0.855. The van der Waals surface area contributed by atoms with Crippen molar-refractivity contribution in [3.63, 3.8) is 0 Å². The zero-order valence-corrected chi connectivity index (χ0v) is 17.1. The van der Waals surface area contributed by atoms with Gasteiger partial charge in [0.1, 0.15) is 12.0 Å². The van der Waals surface area contributed by atoms with Crippen molar-refractivity contribution in [2.24, 2.45) is 5.92 Å². The van der Waals surface area contributed by atoms with Gasteiger partial charge >= 0.3 is 0 Å². The SMILES string of the molecule is Cc1ccc(N2C(=O)C3ON(c4ccc(Cl)cc4)C(c4cccs4)C3C2=O)cc1. The molecule has 0 N–H and O–H groups in total. The van der Waals surface area contributed by atoms with E-state index in [0.29, 0.717) is 10.7 Å². The number of carbonyl (C=O) groups is 2. The van der Waals surface area contributed by atoms with Crippen molar-refractivity contribution in [3.8, 4) is 0 Å². The van der Waals surface area contributed by atoms with E-state index in [0.717, 1.165) is 16.1 Å². The summed E-state index contributed by atoms with van der Waals surface area (Å²) < 4.78 is 0. The molecule has 0 saturated carbocycles. The number of anilines is 2. The molecule has 146 valence electrons. The Hall–Kier alpha value is -2.67. The Labute approximate surface area is 177 Å². The molecular formula is C22H17ClN2O3S. The summed E-state index contributed by atoms with van der Waals surface area (Å²) in [5, 5.41) is 4.25. The van der Waals surface area contributed by atoms with E-state index < -0.39 is 12.0 Å². The van der Waals surface area contributed by atoms with Crippen LogP contribution in [0.2, 0.25) is 5.02 Å². The van der Waals surface area contributed by atoms with E-state index in [4.69, 9.17) is 16.4 Å². The molecule has 0 spiro atoms. The summed E-state index contributed by atoms with van der Waals surface area (Å²) in [7, 11) is 0. The topological polar surface area (TPSA) is 49.9 Å². The number of aryl methyl sites for hydroxylation is 1. The first-order chi connectivity index (χ1) is 14.0. The molecule has 2 fully saturated rings. The molecule has 3 aromatic rings. The maximum Gasteiger partial charge on any atom is 0.266 e. The summed E-state index contributed by atoms with van der Waals surface area (Å²) >= 11 is 7.57. The molecule has 3 unspecified atom stereocenters. The zero-order valence-electron chi connectivity index (χ0n) is 15.5. The van der Waals surface area contributed by atoms with E-state index in [-0.39, 0.29) is 17.9 Å². The van der Waals surface area contributed by atoms with Gasteiger partial charge in [0.05, 0.1) is 11.4 Å². The Balaban J connectivity index is 1.56. The summed E-state index contributed by atoms with van der Waals surface area (Å²) in [5.41, 5.74) is 2.39. The number of hydroxylamine groups is 1. The van der Waals surface area contributed by atoms with E-state index >= 15 is 0 Å². The second-order valence-corrected chi connectivity index (χ2v) is 8.58. The summed E-state index contributed by atoms with van der Waals surface area (Å²) in [6.07, 6.45) is -0.855. The Morgan fingerprint density at radius 1 is 0.931 bits per heavy atom. The summed E-state index contributed by atoms with van der Waals surface area (Å²) in [6, 6.07) is 18.1. The van der Waals surface area contributed by atoms with E-state index in [9.17, 15) is 9.59 Å². The molecule has 2 amide bonds. The highest BCUT2D eigenvalue weighted by atomic mass is 35.5. The third-order valence-corrected chi connectivity index (χ3v) is 6.52. The quantitative estimate of drug-likeness (QED) is 0.569. The first-order valence-corrected chi connectivity index (χ1v) is 10.5. The van der Waals surface area contributed by atoms with E-state index in [2.05, 4.69) is 0 Å². The molecule has 3 heterocycles. The molecule has 2 aliphatic rings. The average Bonchev–Trinajstić information content (AvgIpc) is 3.41. The number of hydrogen-bond donors (Lipinski definition) is 0. The number of imide groups is 1. The largest absolute Gasteiger partial charge is 0.273 e. The van der Waals surface area contributed by atoms with Crippen molar-refractivity contribution in [1.82, 2.24) is 0 Å². The number of nitrogens with zero attached hydrogens (tertiary/aromatic N) is 2. The predicted octanol–water partition coefficient (Wildman–Crippen LogP) is 4.76.